The summed E-state index contributed by atoms with van der Waals surface area (Å²) in [7, 11) is 2.69. The van der Waals surface area contributed by atoms with Gasteiger partial charge in [0.2, 0.25) is 0 Å². The molecule has 3 amide bonds. The molecule has 0 unspecified atom stereocenters. The number of hydrogen-bond donors (Lipinski definition) is 2. The van der Waals surface area contributed by atoms with Crippen LogP contribution in [-0.2, 0) is 27.0 Å². The van der Waals surface area contributed by atoms with Crippen molar-refractivity contribution < 1.29 is 37.0 Å². The van der Waals surface area contributed by atoms with Crippen LogP contribution >= 0.6 is 0 Å². The summed E-state index contributed by atoms with van der Waals surface area (Å²) >= 11 is 0. The van der Waals surface area contributed by atoms with E-state index in [1.807, 2.05) is 12.1 Å². The molecule has 0 aliphatic carbocycles. The van der Waals surface area contributed by atoms with Crippen LogP contribution in [0, 0.1) is 0 Å². The zero-order valence-corrected chi connectivity index (χ0v) is 20.5. The van der Waals surface area contributed by atoms with E-state index in [-0.39, 0.29) is 24.7 Å². The van der Waals surface area contributed by atoms with E-state index in [2.05, 4.69) is 10.6 Å². The number of benzene rings is 3. The Morgan fingerprint density at radius 3 is 2.29 bits per heavy atom. The number of carbonyl (C=O) groups excluding carboxylic acids is 3. The first-order valence-corrected chi connectivity index (χ1v) is 11.5. The fourth-order valence-corrected chi connectivity index (χ4v) is 4.15. The molecule has 1 heterocycles. The van der Waals surface area contributed by atoms with E-state index in [9.17, 15) is 27.6 Å². The van der Waals surface area contributed by atoms with Crippen LogP contribution in [0.25, 0.3) is 11.1 Å². The van der Waals surface area contributed by atoms with Crippen LogP contribution in [0.2, 0.25) is 0 Å². The molecule has 1 aliphatic rings. The molecule has 198 valence electrons. The third-order valence-electron chi connectivity index (χ3n) is 6.04. The van der Waals surface area contributed by atoms with Gasteiger partial charge in [-0.1, -0.05) is 30.3 Å². The van der Waals surface area contributed by atoms with Crippen LogP contribution in [-0.4, -0.2) is 49.7 Å². The number of fused-ring (bicyclic) bond motifs is 1. The van der Waals surface area contributed by atoms with Gasteiger partial charge in [0.05, 0.1) is 19.3 Å². The zero-order valence-electron chi connectivity index (χ0n) is 20.5. The molecule has 4 rings (SSSR count). The Morgan fingerprint density at radius 1 is 0.947 bits per heavy atom. The monoisotopic (exact) mass is 527 g/mol. The van der Waals surface area contributed by atoms with Gasteiger partial charge < -0.3 is 25.0 Å². The van der Waals surface area contributed by atoms with Crippen LogP contribution in [0.3, 0.4) is 0 Å². The van der Waals surface area contributed by atoms with Crippen LogP contribution < -0.4 is 10.6 Å². The number of amides is 3. The molecule has 0 aromatic heterocycles. The third-order valence-corrected chi connectivity index (χ3v) is 6.04. The number of ether oxygens (including phenoxy) is 2. The molecule has 11 heteroatoms. The second-order valence-electron chi connectivity index (χ2n) is 8.53. The molecule has 0 saturated heterocycles. The number of anilines is 2. The summed E-state index contributed by atoms with van der Waals surface area (Å²) in [5.41, 5.74) is 2.32. The van der Waals surface area contributed by atoms with Crippen molar-refractivity contribution in [2.24, 2.45) is 0 Å². The molecule has 38 heavy (non-hydrogen) atoms. The number of carbonyl (C=O) groups is 3. The minimum absolute atomic E-state index is 0.00531. The highest BCUT2D eigenvalue weighted by Gasteiger charge is 2.37. The normalized spacial score (nSPS) is 13.6. The maximum absolute atomic E-state index is 13.1. The molecule has 1 atom stereocenters. The van der Waals surface area contributed by atoms with E-state index in [0.29, 0.717) is 11.3 Å². The average Bonchev–Trinajstić information content (AvgIpc) is 3.22. The van der Waals surface area contributed by atoms with Crippen LogP contribution in [0.4, 0.5) is 29.3 Å². The highest BCUT2D eigenvalue weighted by Crippen LogP contribution is 2.32. The first kappa shape index (κ1) is 26.7. The molecule has 0 radical (unpaired) electrons. The van der Waals surface area contributed by atoms with Crippen molar-refractivity contribution in [1.29, 1.82) is 0 Å². The van der Waals surface area contributed by atoms with Crippen molar-refractivity contribution in [2.45, 2.75) is 18.8 Å². The van der Waals surface area contributed by atoms with E-state index in [1.165, 1.54) is 31.3 Å². The lowest BCUT2D eigenvalue weighted by Crippen LogP contribution is -2.45. The molecule has 0 bridgehead atoms. The van der Waals surface area contributed by atoms with Crippen LogP contribution in [0.1, 0.15) is 21.5 Å². The van der Waals surface area contributed by atoms with E-state index in [1.54, 1.807) is 30.3 Å². The average molecular weight is 527 g/mol. The molecule has 3 aromatic carbocycles. The predicted molar refractivity (Wildman–Crippen MR) is 134 cm³/mol. The largest absolute Gasteiger partial charge is 0.467 e. The number of urea groups is 1. The Balaban J connectivity index is 1.44. The maximum atomic E-state index is 13.1. The molecule has 0 fully saturated rings. The van der Waals surface area contributed by atoms with Crippen molar-refractivity contribution in [3.05, 3.63) is 83.4 Å². The highest BCUT2D eigenvalue weighted by molar-refractivity contribution is 6.02. The summed E-state index contributed by atoms with van der Waals surface area (Å²) in [5, 5.41) is 4.96. The Hall–Kier alpha value is -4.38. The number of alkyl halides is 3. The summed E-state index contributed by atoms with van der Waals surface area (Å²) in [6.07, 6.45) is -4.52. The number of hydrogen-bond acceptors (Lipinski definition) is 5. The summed E-state index contributed by atoms with van der Waals surface area (Å²) in [6, 6.07) is 14.9. The van der Waals surface area contributed by atoms with Crippen molar-refractivity contribution in [3.8, 4) is 11.1 Å². The van der Waals surface area contributed by atoms with Gasteiger partial charge in [-0.2, -0.15) is 13.2 Å². The van der Waals surface area contributed by atoms with E-state index in [0.717, 1.165) is 28.8 Å². The van der Waals surface area contributed by atoms with Crippen LogP contribution in [0.5, 0.6) is 0 Å². The summed E-state index contributed by atoms with van der Waals surface area (Å²) in [5.74, 6) is -0.868. The number of nitrogens with one attached hydrogen (secondary N) is 2. The molecule has 3 aromatic rings. The summed E-state index contributed by atoms with van der Waals surface area (Å²) in [4.78, 5) is 38.9. The van der Waals surface area contributed by atoms with Gasteiger partial charge in [0.1, 0.15) is 0 Å². The molecule has 1 aliphatic heterocycles. The van der Waals surface area contributed by atoms with Gasteiger partial charge in [-0.05, 0) is 53.1 Å². The Kier molecular flexibility index (Phi) is 7.67. The number of nitrogens with zero attached hydrogens (tertiary/aromatic N) is 1. The van der Waals surface area contributed by atoms with Crippen molar-refractivity contribution in [2.75, 3.05) is 31.5 Å². The van der Waals surface area contributed by atoms with E-state index in [4.69, 9.17) is 9.47 Å². The van der Waals surface area contributed by atoms with Crippen molar-refractivity contribution >= 4 is 29.3 Å². The molecular weight excluding hydrogens is 503 g/mol. The molecule has 0 saturated carbocycles. The fraction of sp³-hybridized carbons (Fsp3) is 0.222. The van der Waals surface area contributed by atoms with Gasteiger partial charge in [-0.3, -0.25) is 4.79 Å². The number of rotatable bonds is 7. The predicted octanol–water partition coefficient (Wildman–Crippen LogP) is 5.16. The molecule has 8 nitrogen and oxygen atoms in total. The SMILES string of the molecule is COC[C@@H](C(=O)OC)N1Cc2ccc(-c3ccc(NC(=O)Nc4cccc(C(F)(F)F)c4)cc3)cc2C1=O. The first-order chi connectivity index (χ1) is 18.1. The summed E-state index contributed by atoms with van der Waals surface area (Å²) < 4.78 is 48.6. The number of esters is 1. The minimum Gasteiger partial charge on any atom is -0.467 e. The van der Waals surface area contributed by atoms with E-state index < -0.39 is 29.8 Å². The lowest BCUT2D eigenvalue weighted by molar-refractivity contribution is -0.148. The van der Waals surface area contributed by atoms with Crippen molar-refractivity contribution in [1.82, 2.24) is 4.90 Å². The van der Waals surface area contributed by atoms with Gasteiger partial charge in [0.15, 0.2) is 6.04 Å². The Labute approximate surface area is 216 Å². The second-order valence-corrected chi connectivity index (χ2v) is 8.53. The highest BCUT2D eigenvalue weighted by atomic mass is 19.4. The minimum atomic E-state index is -4.52. The Morgan fingerprint density at radius 2 is 1.63 bits per heavy atom. The third kappa shape index (κ3) is 5.78. The number of methoxy groups -OCH3 is 2. The van der Waals surface area contributed by atoms with Crippen LogP contribution in [0.15, 0.2) is 66.7 Å². The van der Waals surface area contributed by atoms with Gasteiger partial charge in [-0.25, -0.2) is 9.59 Å². The first-order valence-electron chi connectivity index (χ1n) is 11.5. The molecule has 0 spiro atoms. The van der Waals surface area contributed by atoms with Gasteiger partial charge in [0.25, 0.3) is 5.91 Å². The van der Waals surface area contributed by atoms with E-state index >= 15 is 0 Å². The lowest BCUT2D eigenvalue weighted by atomic mass is 10.0. The standard InChI is InChI=1S/C27H24F3N3O5/c1-37-15-23(25(35)38-2)33-14-18-7-6-17(12-22(18)24(33)34)16-8-10-20(11-9-16)31-26(36)32-21-5-3-4-19(13-21)27(28,29)30/h3-13,23H,14-15H2,1-2H3,(H2,31,32,36)/t23-/m0/s1. The smallest absolute Gasteiger partial charge is 0.416 e. The molecular formula is C27H24F3N3O5. The fourth-order valence-electron chi connectivity index (χ4n) is 4.15. The van der Waals surface area contributed by atoms with Gasteiger partial charge >= 0.3 is 18.2 Å². The van der Waals surface area contributed by atoms with Gasteiger partial charge in [-0.15, -0.1) is 0 Å². The topological polar surface area (TPSA) is 97.0 Å². The second kappa shape index (κ2) is 10.9. The van der Waals surface area contributed by atoms with Crippen molar-refractivity contribution in [3.63, 3.8) is 0 Å². The quantitative estimate of drug-likeness (QED) is 0.414. The maximum Gasteiger partial charge on any atom is 0.416 e. The Bertz CT molecular complexity index is 1360. The molecule has 2 N–H and O–H groups in total. The lowest BCUT2D eigenvalue weighted by Gasteiger charge is -2.24. The summed E-state index contributed by atoms with van der Waals surface area (Å²) in [6.45, 7) is 0.260. The zero-order chi connectivity index (χ0) is 27.4. The number of halogens is 3. The van der Waals surface area contributed by atoms with Gasteiger partial charge in [0, 0.05) is 30.6 Å².